The molecule has 0 spiro atoms. The second kappa shape index (κ2) is 4.88. The van der Waals surface area contributed by atoms with Crippen LogP contribution in [0.3, 0.4) is 0 Å². The van der Waals surface area contributed by atoms with Crippen molar-refractivity contribution < 1.29 is 4.79 Å². The van der Waals surface area contributed by atoms with Gasteiger partial charge in [0.1, 0.15) is 0 Å². The van der Waals surface area contributed by atoms with Crippen LogP contribution in [0.1, 0.15) is 12.8 Å². The number of urea groups is 1. The third-order valence-corrected chi connectivity index (χ3v) is 4.03. The van der Waals surface area contributed by atoms with Gasteiger partial charge in [-0.25, -0.2) is 4.79 Å². The second-order valence-electron chi connectivity index (χ2n) is 5.12. The summed E-state index contributed by atoms with van der Waals surface area (Å²) in [4.78, 5) is 13.6. The minimum absolute atomic E-state index is 0.00881. The lowest BCUT2D eigenvalue weighted by atomic mass is 9.89. The van der Waals surface area contributed by atoms with E-state index in [-0.39, 0.29) is 6.03 Å². The van der Waals surface area contributed by atoms with Gasteiger partial charge in [-0.3, -0.25) is 0 Å². The van der Waals surface area contributed by atoms with Gasteiger partial charge in [-0.2, -0.15) is 0 Å². The molecule has 2 heterocycles. The number of nitrogens with one attached hydrogen (secondary N) is 2. The van der Waals surface area contributed by atoms with Gasteiger partial charge >= 0.3 is 6.03 Å². The topological polar surface area (TPSA) is 44.4 Å². The van der Waals surface area contributed by atoms with Crippen LogP contribution < -0.4 is 15.5 Å². The number of piperidine rings is 1. The van der Waals surface area contributed by atoms with Crippen LogP contribution in [-0.2, 0) is 0 Å². The molecule has 4 nitrogen and oxygen atoms in total. The van der Waals surface area contributed by atoms with Gasteiger partial charge in [-0.15, -0.1) is 0 Å². The lowest BCUT2D eigenvalue weighted by molar-refractivity contribution is 0.244. The van der Waals surface area contributed by atoms with Crippen molar-refractivity contribution in [3.63, 3.8) is 0 Å². The number of para-hydroxylation sites is 1. The molecule has 0 bridgehead atoms. The number of rotatable bonds is 2. The fourth-order valence-electron chi connectivity index (χ4n) is 2.96. The van der Waals surface area contributed by atoms with Crippen molar-refractivity contribution >= 4 is 11.7 Å². The van der Waals surface area contributed by atoms with E-state index >= 15 is 0 Å². The number of carbonyl (C=O) groups excluding carboxylic acids is 1. The molecule has 18 heavy (non-hydrogen) atoms. The van der Waals surface area contributed by atoms with Gasteiger partial charge in [-0.1, -0.05) is 18.2 Å². The number of benzene rings is 1. The van der Waals surface area contributed by atoms with E-state index in [1.54, 1.807) is 0 Å². The van der Waals surface area contributed by atoms with Gasteiger partial charge in [0.2, 0.25) is 0 Å². The molecule has 0 unspecified atom stereocenters. The van der Waals surface area contributed by atoms with E-state index in [0.717, 1.165) is 32.5 Å². The van der Waals surface area contributed by atoms with E-state index in [1.807, 2.05) is 0 Å². The van der Waals surface area contributed by atoms with Crippen LogP contribution in [0.2, 0.25) is 0 Å². The second-order valence-corrected chi connectivity index (χ2v) is 5.12. The summed E-state index contributed by atoms with van der Waals surface area (Å²) in [5, 5.41) is 5.86. The highest BCUT2D eigenvalue weighted by Gasteiger charge is 2.31. The quantitative estimate of drug-likeness (QED) is 0.831. The summed E-state index contributed by atoms with van der Waals surface area (Å²) < 4.78 is 0. The third kappa shape index (κ3) is 2.28. The summed E-state index contributed by atoms with van der Waals surface area (Å²) in [5.41, 5.74) is 1.31. The fraction of sp³-hybridized carbons (Fsp3) is 0.500. The van der Waals surface area contributed by atoms with Crippen LogP contribution in [0.15, 0.2) is 30.3 Å². The van der Waals surface area contributed by atoms with Crippen molar-refractivity contribution in [1.29, 1.82) is 0 Å². The lowest BCUT2D eigenvalue weighted by Crippen LogP contribution is -2.42. The first-order valence-electron chi connectivity index (χ1n) is 6.67. The first kappa shape index (κ1) is 11.4. The highest BCUT2D eigenvalue weighted by Crippen LogP contribution is 2.25. The molecule has 0 aromatic heterocycles. The zero-order valence-corrected chi connectivity index (χ0v) is 10.4. The normalized spacial score (nSPS) is 24.8. The van der Waals surface area contributed by atoms with Crippen LogP contribution in [0, 0.1) is 5.92 Å². The zero-order valence-electron chi connectivity index (χ0n) is 10.4. The van der Waals surface area contributed by atoms with Crippen LogP contribution in [0.25, 0.3) is 0 Å². The summed E-state index contributed by atoms with van der Waals surface area (Å²) in [7, 11) is 0. The van der Waals surface area contributed by atoms with E-state index < -0.39 is 0 Å². The molecular weight excluding hydrogens is 226 g/mol. The van der Waals surface area contributed by atoms with Crippen molar-refractivity contribution in [3.8, 4) is 0 Å². The molecule has 96 valence electrons. The predicted octanol–water partition coefficient (Wildman–Crippen LogP) is 1.58. The Kier molecular flexibility index (Phi) is 3.09. The van der Waals surface area contributed by atoms with E-state index in [1.165, 1.54) is 5.69 Å². The van der Waals surface area contributed by atoms with Crippen LogP contribution >= 0.6 is 0 Å². The maximum absolute atomic E-state index is 11.1. The molecule has 0 aliphatic carbocycles. The smallest absolute Gasteiger partial charge is 0.315 e. The maximum atomic E-state index is 11.1. The summed E-state index contributed by atoms with van der Waals surface area (Å²) in [5.74, 6) is 0.615. The molecule has 4 heteroatoms. The molecule has 2 aliphatic rings. The Morgan fingerprint density at radius 2 is 1.83 bits per heavy atom. The Balaban J connectivity index is 1.57. The molecule has 1 atom stereocenters. The highest BCUT2D eigenvalue weighted by molar-refractivity contribution is 5.76. The molecule has 1 aromatic rings. The van der Waals surface area contributed by atoms with E-state index in [4.69, 9.17) is 0 Å². The summed E-state index contributed by atoms with van der Waals surface area (Å²) >= 11 is 0. The number of amides is 2. The number of anilines is 1. The number of carbonyl (C=O) groups is 1. The zero-order chi connectivity index (χ0) is 12.4. The van der Waals surface area contributed by atoms with E-state index in [9.17, 15) is 4.79 Å². The van der Waals surface area contributed by atoms with Crippen molar-refractivity contribution in [1.82, 2.24) is 10.6 Å². The van der Waals surface area contributed by atoms with Gasteiger partial charge in [0.25, 0.3) is 0 Å². The largest absolute Gasteiger partial charge is 0.372 e. The molecule has 2 aliphatic heterocycles. The Bertz CT molecular complexity index is 412. The minimum atomic E-state index is -0.00881. The lowest BCUT2D eigenvalue weighted by Gasteiger charge is -2.35. The average molecular weight is 245 g/mol. The summed E-state index contributed by atoms with van der Waals surface area (Å²) in [6.45, 7) is 2.96. The first-order chi connectivity index (χ1) is 8.83. The minimum Gasteiger partial charge on any atom is -0.372 e. The van der Waals surface area contributed by atoms with Gasteiger partial charge < -0.3 is 15.5 Å². The monoisotopic (exact) mass is 245 g/mol. The SMILES string of the molecule is O=C1NC[C@@H](C2CCN(c3ccccc3)CC2)N1. The molecule has 0 saturated carbocycles. The molecule has 0 radical (unpaired) electrons. The standard InChI is InChI=1S/C14H19N3O/c18-14-15-10-13(16-14)11-6-8-17(9-7-11)12-4-2-1-3-5-12/h1-5,11,13H,6-10H2,(H2,15,16,18)/t13-/m0/s1. The van der Waals surface area contributed by atoms with Crippen molar-refractivity contribution in [2.24, 2.45) is 5.92 Å². The van der Waals surface area contributed by atoms with Crippen molar-refractivity contribution in [2.75, 3.05) is 24.5 Å². The molecule has 2 saturated heterocycles. The summed E-state index contributed by atoms with van der Waals surface area (Å²) in [6, 6.07) is 10.9. The van der Waals surface area contributed by atoms with Gasteiger partial charge in [-0.05, 0) is 30.9 Å². The van der Waals surface area contributed by atoms with Crippen molar-refractivity contribution in [3.05, 3.63) is 30.3 Å². The Hall–Kier alpha value is -1.71. The molecule has 2 N–H and O–H groups in total. The van der Waals surface area contributed by atoms with Crippen LogP contribution in [0.5, 0.6) is 0 Å². The third-order valence-electron chi connectivity index (χ3n) is 4.03. The number of hydrogen-bond donors (Lipinski definition) is 2. The van der Waals surface area contributed by atoms with Crippen molar-refractivity contribution in [2.45, 2.75) is 18.9 Å². The van der Waals surface area contributed by atoms with Crippen LogP contribution in [0.4, 0.5) is 10.5 Å². The van der Waals surface area contributed by atoms with Crippen LogP contribution in [-0.4, -0.2) is 31.7 Å². The maximum Gasteiger partial charge on any atom is 0.315 e. The fourth-order valence-corrected chi connectivity index (χ4v) is 2.96. The molecule has 1 aromatic carbocycles. The summed E-state index contributed by atoms with van der Waals surface area (Å²) in [6.07, 6.45) is 2.31. The van der Waals surface area contributed by atoms with Gasteiger partial charge in [0.15, 0.2) is 0 Å². The number of nitrogens with zero attached hydrogens (tertiary/aromatic N) is 1. The van der Waals surface area contributed by atoms with E-state index in [0.29, 0.717) is 12.0 Å². The molecule has 2 amide bonds. The number of hydrogen-bond acceptors (Lipinski definition) is 2. The highest BCUT2D eigenvalue weighted by atomic mass is 16.2. The Morgan fingerprint density at radius 1 is 1.11 bits per heavy atom. The molecular formula is C14H19N3O. The molecule has 3 rings (SSSR count). The Labute approximate surface area is 107 Å². The predicted molar refractivity (Wildman–Crippen MR) is 71.7 cm³/mol. The first-order valence-corrected chi connectivity index (χ1v) is 6.67. The Morgan fingerprint density at radius 3 is 2.44 bits per heavy atom. The van der Waals surface area contributed by atoms with E-state index in [2.05, 4.69) is 45.9 Å². The van der Waals surface area contributed by atoms with Gasteiger partial charge in [0, 0.05) is 25.3 Å². The van der Waals surface area contributed by atoms with Gasteiger partial charge in [0.05, 0.1) is 6.04 Å². The average Bonchev–Trinajstić information content (AvgIpc) is 2.87. The molecule has 2 fully saturated rings.